The molecule has 1 saturated heterocycles. The minimum absolute atomic E-state index is 0. The molecule has 1 aromatic rings. The maximum absolute atomic E-state index is 7.38. The molecule has 4 heteroatoms. The third kappa shape index (κ3) is 4.18. The Morgan fingerprint density at radius 3 is 2.35 bits per heavy atom. The molecule has 0 amide bonds. The quantitative estimate of drug-likeness (QED) is 0.492. The fourth-order valence-electron chi connectivity index (χ4n) is 2.33. The molecular weight excluding hydrogens is 325 g/mol. The molecule has 1 aliphatic rings. The van der Waals surface area contributed by atoms with Gasteiger partial charge in [0.1, 0.15) is 0 Å². The van der Waals surface area contributed by atoms with E-state index in [9.17, 15) is 0 Å². The van der Waals surface area contributed by atoms with Crippen molar-refractivity contribution in [3.8, 4) is 0 Å². The molecule has 1 aromatic carbocycles. The van der Waals surface area contributed by atoms with Crippen molar-refractivity contribution in [3.05, 3.63) is 35.9 Å². The van der Waals surface area contributed by atoms with Crippen LogP contribution in [0, 0.1) is 11.3 Å². The summed E-state index contributed by atoms with van der Waals surface area (Å²) in [6.45, 7) is 1.87. The summed E-state index contributed by atoms with van der Waals surface area (Å²) in [6, 6.07) is 10.6. The minimum atomic E-state index is 0. The molecule has 17 heavy (non-hydrogen) atoms. The van der Waals surface area contributed by atoms with Crippen molar-refractivity contribution in [2.24, 2.45) is 11.7 Å². The zero-order valence-corrected chi connectivity index (χ0v) is 12.3. The van der Waals surface area contributed by atoms with Crippen molar-refractivity contribution in [1.29, 1.82) is 5.41 Å². The SMILES string of the molecule is I.N=C(N)N1CCC(Cc2ccccc2)CC1. The molecule has 3 nitrogen and oxygen atoms in total. The summed E-state index contributed by atoms with van der Waals surface area (Å²) in [5, 5.41) is 7.38. The zero-order valence-electron chi connectivity index (χ0n) is 9.93. The highest BCUT2D eigenvalue weighted by Crippen LogP contribution is 2.21. The van der Waals surface area contributed by atoms with Crippen LogP contribution in [0.2, 0.25) is 0 Å². The summed E-state index contributed by atoms with van der Waals surface area (Å²) < 4.78 is 0. The van der Waals surface area contributed by atoms with Gasteiger partial charge >= 0.3 is 0 Å². The molecule has 0 aliphatic carbocycles. The Morgan fingerprint density at radius 1 is 1.24 bits per heavy atom. The third-order valence-electron chi connectivity index (χ3n) is 3.32. The molecule has 0 saturated carbocycles. The highest BCUT2D eigenvalue weighted by atomic mass is 127. The van der Waals surface area contributed by atoms with E-state index in [-0.39, 0.29) is 29.9 Å². The Labute approximate surface area is 120 Å². The predicted molar refractivity (Wildman–Crippen MR) is 81.8 cm³/mol. The van der Waals surface area contributed by atoms with E-state index in [2.05, 4.69) is 30.3 Å². The molecule has 0 unspecified atom stereocenters. The first-order valence-corrected chi connectivity index (χ1v) is 5.88. The molecule has 0 atom stereocenters. The van der Waals surface area contributed by atoms with Gasteiger partial charge in [0.05, 0.1) is 0 Å². The molecule has 2 rings (SSSR count). The number of piperidine rings is 1. The summed E-state index contributed by atoms with van der Waals surface area (Å²) in [7, 11) is 0. The van der Waals surface area contributed by atoms with Crippen LogP contribution in [0.25, 0.3) is 0 Å². The second-order valence-electron chi connectivity index (χ2n) is 4.51. The highest BCUT2D eigenvalue weighted by Gasteiger charge is 2.19. The van der Waals surface area contributed by atoms with Crippen LogP contribution in [0.3, 0.4) is 0 Å². The van der Waals surface area contributed by atoms with Gasteiger partial charge in [-0.15, -0.1) is 24.0 Å². The van der Waals surface area contributed by atoms with Crippen molar-refractivity contribution in [2.75, 3.05) is 13.1 Å². The molecule has 0 radical (unpaired) electrons. The molecule has 0 aromatic heterocycles. The van der Waals surface area contributed by atoms with E-state index >= 15 is 0 Å². The fraction of sp³-hybridized carbons (Fsp3) is 0.462. The number of nitrogens with one attached hydrogen (secondary N) is 1. The second-order valence-corrected chi connectivity index (χ2v) is 4.51. The van der Waals surface area contributed by atoms with Crippen LogP contribution in [0.1, 0.15) is 18.4 Å². The maximum Gasteiger partial charge on any atom is 0.188 e. The van der Waals surface area contributed by atoms with Gasteiger partial charge in [-0.3, -0.25) is 5.41 Å². The first-order valence-electron chi connectivity index (χ1n) is 5.88. The van der Waals surface area contributed by atoms with Gasteiger partial charge in [-0.05, 0) is 30.7 Å². The second kappa shape index (κ2) is 6.83. The number of rotatable bonds is 2. The van der Waals surface area contributed by atoms with Crippen molar-refractivity contribution in [3.63, 3.8) is 0 Å². The number of guanidine groups is 1. The van der Waals surface area contributed by atoms with Crippen LogP contribution >= 0.6 is 24.0 Å². The lowest BCUT2D eigenvalue weighted by Crippen LogP contribution is -2.42. The van der Waals surface area contributed by atoms with Crippen LogP contribution in [0.4, 0.5) is 0 Å². The van der Waals surface area contributed by atoms with Gasteiger partial charge in [0.2, 0.25) is 0 Å². The molecule has 1 aliphatic heterocycles. The van der Waals surface area contributed by atoms with Crippen LogP contribution in [0.15, 0.2) is 30.3 Å². The zero-order chi connectivity index (χ0) is 11.4. The van der Waals surface area contributed by atoms with Gasteiger partial charge in [0, 0.05) is 13.1 Å². The summed E-state index contributed by atoms with van der Waals surface area (Å²) in [5.74, 6) is 0.969. The molecule has 0 spiro atoms. The Kier molecular flexibility index (Phi) is 5.74. The summed E-state index contributed by atoms with van der Waals surface area (Å²) in [5.41, 5.74) is 6.89. The summed E-state index contributed by atoms with van der Waals surface area (Å²) >= 11 is 0. The Balaban J connectivity index is 0.00000144. The monoisotopic (exact) mass is 345 g/mol. The Hall–Kier alpha value is -0.780. The molecule has 0 bridgehead atoms. The van der Waals surface area contributed by atoms with E-state index in [0.29, 0.717) is 0 Å². The first kappa shape index (κ1) is 14.3. The standard InChI is InChI=1S/C13H19N3.HI/c14-13(15)16-8-6-12(7-9-16)10-11-4-2-1-3-5-11;/h1-5,12H,6-10H2,(H3,14,15);1H. The van der Waals surface area contributed by atoms with Gasteiger partial charge < -0.3 is 10.6 Å². The average molecular weight is 345 g/mol. The molecular formula is C13H20IN3. The lowest BCUT2D eigenvalue weighted by Gasteiger charge is -2.32. The lowest BCUT2D eigenvalue weighted by molar-refractivity contribution is 0.262. The van der Waals surface area contributed by atoms with Crippen molar-refractivity contribution in [1.82, 2.24) is 4.90 Å². The maximum atomic E-state index is 7.38. The van der Waals surface area contributed by atoms with E-state index in [1.165, 1.54) is 5.56 Å². The molecule has 1 heterocycles. The van der Waals surface area contributed by atoms with Gasteiger partial charge in [0.25, 0.3) is 0 Å². The van der Waals surface area contributed by atoms with Gasteiger partial charge in [-0.25, -0.2) is 0 Å². The molecule has 94 valence electrons. The number of benzene rings is 1. The van der Waals surface area contributed by atoms with Gasteiger partial charge in [0.15, 0.2) is 5.96 Å². The van der Waals surface area contributed by atoms with Gasteiger partial charge in [-0.2, -0.15) is 0 Å². The fourth-order valence-corrected chi connectivity index (χ4v) is 2.33. The number of likely N-dealkylation sites (tertiary alicyclic amines) is 1. The number of nitrogens with two attached hydrogens (primary N) is 1. The topological polar surface area (TPSA) is 53.1 Å². The number of halogens is 1. The number of hydrogen-bond acceptors (Lipinski definition) is 1. The normalized spacial score (nSPS) is 16.4. The summed E-state index contributed by atoms with van der Waals surface area (Å²) in [4.78, 5) is 1.96. The van der Waals surface area contributed by atoms with Crippen LogP contribution in [0.5, 0.6) is 0 Å². The van der Waals surface area contributed by atoms with Crippen LogP contribution < -0.4 is 5.73 Å². The average Bonchev–Trinajstić information content (AvgIpc) is 2.31. The van der Waals surface area contributed by atoms with E-state index in [1.54, 1.807) is 0 Å². The number of nitrogens with zero attached hydrogens (tertiary/aromatic N) is 1. The largest absolute Gasteiger partial charge is 0.370 e. The summed E-state index contributed by atoms with van der Waals surface area (Å²) in [6.07, 6.45) is 3.45. The van der Waals surface area contributed by atoms with E-state index in [4.69, 9.17) is 11.1 Å². The number of hydrogen-bond donors (Lipinski definition) is 2. The Bertz CT molecular complexity index is 345. The predicted octanol–water partition coefficient (Wildman–Crippen LogP) is 2.45. The van der Waals surface area contributed by atoms with Gasteiger partial charge in [-0.1, -0.05) is 30.3 Å². The van der Waals surface area contributed by atoms with Crippen LogP contribution in [-0.4, -0.2) is 23.9 Å². The van der Waals surface area contributed by atoms with E-state index in [1.807, 2.05) is 4.90 Å². The minimum Gasteiger partial charge on any atom is -0.370 e. The van der Waals surface area contributed by atoms with Crippen LogP contribution in [-0.2, 0) is 6.42 Å². The molecule has 3 N–H and O–H groups in total. The van der Waals surface area contributed by atoms with E-state index < -0.39 is 0 Å². The van der Waals surface area contributed by atoms with Crippen molar-refractivity contribution >= 4 is 29.9 Å². The smallest absolute Gasteiger partial charge is 0.188 e. The van der Waals surface area contributed by atoms with Crippen molar-refractivity contribution in [2.45, 2.75) is 19.3 Å². The van der Waals surface area contributed by atoms with Crippen molar-refractivity contribution < 1.29 is 0 Å². The highest BCUT2D eigenvalue weighted by molar-refractivity contribution is 14.0. The lowest BCUT2D eigenvalue weighted by atomic mass is 9.90. The molecule has 1 fully saturated rings. The van der Waals surface area contributed by atoms with E-state index in [0.717, 1.165) is 38.3 Å². The Morgan fingerprint density at radius 2 is 1.82 bits per heavy atom. The third-order valence-corrected chi connectivity index (χ3v) is 3.32. The first-order chi connectivity index (χ1) is 7.75.